The first kappa shape index (κ1) is 13.3. The van der Waals surface area contributed by atoms with Crippen LogP contribution in [0.3, 0.4) is 0 Å². The summed E-state index contributed by atoms with van der Waals surface area (Å²) in [6.45, 7) is 0.565. The highest BCUT2D eigenvalue weighted by Crippen LogP contribution is 2.17. The maximum Gasteiger partial charge on any atom is 0.211 e. The van der Waals surface area contributed by atoms with Gasteiger partial charge in [-0.15, -0.1) is 0 Å². The summed E-state index contributed by atoms with van der Waals surface area (Å²) in [5.74, 6) is 2.35. The van der Waals surface area contributed by atoms with Gasteiger partial charge < -0.3 is 5.73 Å². The van der Waals surface area contributed by atoms with Crippen LogP contribution in [-0.2, 0) is 10.0 Å². The summed E-state index contributed by atoms with van der Waals surface area (Å²) >= 11 is 1.89. The van der Waals surface area contributed by atoms with Crippen LogP contribution < -0.4 is 10.5 Å². The van der Waals surface area contributed by atoms with E-state index >= 15 is 0 Å². The third-order valence-electron chi connectivity index (χ3n) is 2.43. The van der Waals surface area contributed by atoms with Crippen molar-refractivity contribution in [1.29, 1.82) is 0 Å². The first-order valence-corrected chi connectivity index (χ1v) is 8.22. The molecule has 1 aliphatic heterocycles. The zero-order valence-corrected chi connectivity index (χ0v) is 10.6. The van der Waals surface area contributed by atoms with Crippen molar-refractivity contribution < 1.29 is 8.42 Å². The Bertz CT molecular complexity index is 261. The summed E-state index contributed by atoms with van der Waals surface area (Å²) in [7, 11) is -3.07. The van der Waals surface area contributed by atoms with Crippen LogP contribution in [0.5, 0.6) is 0 Å². The molecule has 0 saturated carbocycles. The Morgan fingerprint density at radius 2 is 1.93 bits per heavy atom. The number of nitrogens with one attached hydrogen (secondary N) is 1. The van der Waals surface area contributed by atoms with Crippen molar-refractivity contribution in [2.45, 2.75) is 31.7 Å². The predicted molar refractivity (Wildman–Crippen MR) is 65.6 cm³/mol. The summed E-state index contributed by atoms with van der Waals surface area (Å²) in [5, 5.41) is 0. The fraction of sp³-hybridized carbons (Fsp3) is 1.00. The second-order valence-electron chi connectivity index (χ2n) is 3.82. The fourth-order valence-corrected chi connectivity index (χ4v) is 4.12. The molecule has 0 aliphatic carbocycles. The Balaban J connectivity index is 2.27. The minimum atomic E-state index is -3.07. The monoisotopic (exact) mass is 252 g/mol. The molecule has 0 aromatic heterocycles. The zero-order chi connectivity index (χ0) is 11.1. The van der Waals surface area contributed by atoms with E-state index in [1.807, 2.05) is 11.8 Å². The van der Waals surface area contributed by atoms with Crippen LogP contribution in [0, 0.1) is 0 Å². The molecule has 4 nitrogen and oxygen atoms in total. The molecule has 1 fully saturated rings. The molecule has 1 aliphatic rings. The summed E-state index contributed by atoms with van der Waals surface area (Å²) in [6.07, 6.45) is 3.36. The molecule has 6 heteroatoms. The van der Waals surface area contributed by atoms with Gasteiger partial charge in [0.15, 0.2) is 0 Å². The molecule has 1 rings (SSSR count). The number of thioether (sulfide) groups is 1. The number of hydrogen-bond donors (Lipinski definition) is 2. The Labute approximate surface area is 96.4 Å². The molecular weight excluding hydrogens is 232 g/mol. The van der Waals surface area contributed by atoms with Crippen molar-refractivity contribution in [2.24, 2.45) is 5.73 Å². The topological polar surface area (TPSA) is 72.2 Å². The number of hydrogen-bond acceptors (Lipinski definition) is 4. The maximum atomic E-state index is 11.6. The number of nitrogens with two attached hydrogens (primary N) is 1. The van der Waals surface area contributed by atoms with Crippen LogP contribution in [0.25, 0.3) is 0 Å². The number of rotatable bonds is 6. The molecule has 0 atom stereocenters. The predicted octanol–water partition coefficient (Wildman–Crippen LogP) is 0.540. The molecule has 15 heavy (non-hydrogen) atoms. The maximum absolute atomic E-state index is 11.6. The van der Waals surface area contributed by atoms with Gasteiger partial charge in [-0.3, -0.25) is 0 Å². The third kappa shape index (κ3) is 5.75. The van der Waals surface area contributed by atoms with Crippen molar-refractivity contribution in [3.05, 3.63) is 0 Å². The summed E-state index contributed by atoms with van der Waals surface area (Å²) in [6, 6.07) is 0.161. The highest BCUT2D eigenvalue weighted by molar-refractivity contribution is 7.99. The minimum absolute atomic E-state index is 0.161. The first-order chi connectivity index (χ1) is 7.14. The van der Waals surface area contributed by atoms with Gasteiger partial charge in [0.1, 0.15) is 0 Å². The van der Waals surface area contributed by atoms with E-state index in [-0.39, 0.29) is 11.8 Å². The van der Waals surface area contributed by atoms with Gasteiger partial charge in [-0.05, 0) is 43.7 Å². The highest BCUT2D eigenvalue weighted by Gasteiger charge is 2.19. The Morgan fingerprint density at radius 3 is 2.53 bits per heavy atom. The van der Waals surface area contributed by atoms with Crippen LogP contribution in [0.1, 0.15) is 25.7 Å². The molecule has 0 aromatic rings. The van der Waals surface area contributed by atoms with Crippen molar-refractivity contribution in [1.82, 2.24) is 4.72 Å². The summed E-state index contributed by atoms with van der Waals surface area (Å²) in [5.41, 5.74) is 5.32. The third-order valence-corrected chi connectivity index (χ3v) is 5.00. The average molecular weight is 252 g/mol. The fourth-order valence-electron chi connectivity index (χ4n) is 1.56. The number of unbranched alkanes of at least 4 members (excludes halogenated alkanes) is 1. The molecule has 0 bridgehead atoms. The van der Waals surface area contributed by atoms with Crippen molar-refractivity contribution in [3.8, 4) is 0 Å². The van der Waals surface area contributed by atoms with Gasteiger partial charge in [0.2, 0.25) is 10.0 Å². The molecule has 0 radical (unpaired) electrons. The first-order valence-electron chi connectivity index (χ1n) is 5.42. The van der Waals surface area contributed by atoms with Gasteiger partial charge in [-0.1, -0.05) is 0 Å². The molecule has 3 N–H and O–H groups in total. The van der Waals surface area contributed by atoms with Gasteiger partial charge in [0.05, 0.1) is 5.75 Å². The standard InChI is InChI=1S/C9H20N2O2S2/c10-5-1-2-8-15(12,13)11-9-3-6-14-7-4-9/h9,11H,1-8,10H2. The largest absolute Gasteiger partial charge is 0.330 e. The lowest BCUT2D eigenvalue weighted by molar-refractivity contribution is 0.526. The lowest BCUT2D eigenvalue weighted by atomic mass is 10.2. The molecule has 0 aromatic carbocycles. The van der Waals surface area contributed by atoms with E-state index in [1.54, 1.807) is 0 Å². The summed E-state index contributed by atoms with van der Waals surface area (Å²) < 4.78 is 26.0. The Hall–Kier alpha value is 0.220. The average Bonchev–Trinajstić information content (AvgIpc) is 2.18. The summed E-state index contributed by atoms with van der Waals surface area (Å²) in [4.78, 5) is 0. The van der Waals surface area contributed by atoms with E-state index in [2.05, 4.69) is 4.72 Å². The van der Waals surface area contributed by atoms with Crippen molar-refractivity contribution in [2.75, 3.05) is 23.8 Å². The molecule has 0 amide bonds. The van der Waals surface area contributed by atoms with E-state index in [4.69, 9.17) is 5.73 Å². The van der Waals surface area contributed by atoms with Crippen molar-refractivity contribution >= 4 is 21.8 Å². The van der Waals surface area contributed by atoms with E-state index in [9.17, 15) is 8.42 Å². The zero-order valence-electron chi connectivity index (χ0n) is 8.94. The van der Waals surface area contributed by atoms with Crippen LogP contribution in [-0.4, -0.2) is 38.3 Å². The van der Waals surface area contributed by atoms with Gasteiger partial charge in [-0.25, -0.2) is 13.1 Å². The Kier molecular flexibility index (Phi) is 5.96. The molecule has 1 saturated heterocycles. The van der Waals surface area contributed by atoms with Crippen molar-refractivity contribution in [3.63, 3.8) is 0 Å². The van der Waals surface area contributed by atoms with Gasteiger partial charge in [-0.2, -0.15) is 11.8 Å². The lowest BCUT2D eigenvalue weighted by Crippen LogP contribution is -2.38. The van der Waals surface area contributed by atoms with Crippen LogP contribution in [0.2, 0.25) is 0 Å². The second-order valence-corrected chi connectivity index (χ2v) is 6.92. The van der Waals surface area contributed by atoms with E-state index in [0.717, 1.165) is 30.8 Å². The highest BCUT2D eigenvalue weighted by atomic mass is 32.2. The lowest BCUT2D eigenvalue weighted by Gasteiger charge is -2.22. The second kappa shape index (κ2) is 6.73. The van der Waals surface area contributed by atoms with E-state index in [0.29, 0.717) is 13.0 Å². The molecule has 90 valence electrons. The smallest absolute Gasteiger partial charge is 0.211 e. The Morgan fingerprint density at radius 1 is 1.27 bits per heavy atom. The van der Waals surface area contributed by atoms with Gasteiger partial charge >= 0.3 is 0 Å². The SMILES string of the molecule is NCCCCS(=O)(=O)NC1CCSCC1. The molecular formula is C9H20N2O2S2. The van der Waals surface area contributed by atoms with Gasteiger partial charge in [0, 0.05) is 6.04 Å². The minimum Gasteiger partial charge on any atom is -0.330 e. The molecule has 0 spiro atoms. The van der Waals surface area contributed by atoms with Crippen LogP contribution in [0.4, 0.5) is 0 Å². The quantitative estimate of drug-likeness (QED) is 0.677. The van der Waals surface area contributed by atoms with E-state index in [1.165, 1.54) is 0 Å². The van der Waals surface area contributed by atoms with E-state index < -0.39 is 10.0 Å². The van der Waals surface area contributed by atoms with Gasteiger partial charge in [0.25, 0.3) is 0 Å². The van der Waals surface area contributed by atoms with Crippen LogP contribution >= 0.6 is 11.8 Å². The normalized spacial score (nSPS) is 19.3. The molecule has 1 heterocycles. The van der Waals surface area contributed by atoms with Crippen LogP contribution in [0.15, 0.2) is 0 Å². The molecule has 0 unspecified atom stereocenters. The number of sulfonamides is 1.